The summed E-state index contributed by atoms with van der Waals surface area (Å²) in [6.45, 7) is 0.0345. The maximum absolute atomic E-state index is 11.5. The van der Waals surface area contributed by atoms with Gasteiger partial charge in [-0.05, 0) is 0 Å². The Labute approximate surface area is 92.4 Å². The van der Waals surface area contributed by atoms with Gasteiger partial charge < -0.3 is 15.7 Å². The smallest absolute Gasteiger partial charge is 0.327 e. The zero-order valence-electron chi connectivity index (χ0n) is 8.55. The van der Waals surface area contributed by atoms with Crippen molar-refractivity contribution in [3.05, 3.63) is 0 Å². The van der Waals surface area contributed by atoms with Gasteiger partial charge in [0.15, 0.2) is 0 Å². The zero-order chi connectivity index (χ0) is 12.3. The molecule has 1 saturated heterocycles. The number of carboxylic acid groups (broad SMARTS) is 1. The van der Waals surface area contributed by atoms with E-state index in [1.807, 2.05) is 0 Å². The second kappa shape index (κ2) is 4.66. The lowest BCUT2D eigenvalue weighted by atomic mass is 10.1. The number of nitrogens with two attached hydrogens (primary N) is 1. The molecular formula is C10H12N2O4. The van der Waals surface area contributed by atoms with E-state index in [-0.39, 0.29) is 19.4 Å². The van der Waals surface area contributed by atoms with Gasteiger partial charge >= 0.3 is 5.97 Å². The van der Waals surface area contributed by atoms with E-state index in [9.17, 15) is 14.4 Å². The Balaban J connectivity index is 2.80. The molecule has 0 saturated carbocycles. The van der Waals surface area contributed by atoms with E-state index in [2.05, 4.69) is 5.92 Å². The van der Waals surface area contributed by atoms with Crippen molar-refractivity contribution in [2.75, 3.05) is 6.54 Å². The first kappa shape index (κ1) is 12.0. The van der Waals surface area contributed by atoms with Crippen molar-refractivity contribution in [1.29, 1.82) is 0 Å². The Morgan fingerprint density at radius 2 is 2.31 bits per heavy atom. The lowest BCUT2D eigenvalue weighted by Gasteiger charge is -2.22. The van der Waals surface area contributed by atoms with Gasteiger partial charge in [0.1, 0.15) is 6.04 Å². The van der Waals surface area contributed by atoms with E-state index in [4.69, 9.17) is 17.3 Å². The number of carbonyl (C=O) groups is 3. The van der Waals surface area contributed by atoms with Gasteiger partial charge in [-0.25, -0.2) is 4.79 Å². The topological polar surface area (TPSA) is 101 Å². The summed E-state index contributed by atoms with van der Waals surface area (Å²) in [6.07, 6.45) is 4.92. The van der Waals surface area contributed by atoms with Crippen LogP contribution in [-0.2, 0) is 14.4 Å². The Kier molecular flexibility index (Phi) is 3.51. The number of likely N-dealkylation sites (tertiary alicyclic amines) is 1. The Morgan fingerprint density at radius 3 is 2.69 bits per heavy atom. The van der Waals surface area contributed by atoms with Crippen molar-refractivity contribution in [3.63, 3.8) is 0 Å². The molecule has 0 aromatic carbocycles. The molecule has 1 fully saturated rings. The van der Waals surface area contributed by atoms with Gasteiger partial charge in [0.2, 0.25) is 11.8 Å². The molecule has 0 bridgehead atoms. The molecule has 86 valence electrons. The number of hydrogen-bond acceptors (Lipinski definition) is 3. The molecule has 0 spiro atoms. The van der Waals surface area contributed by atoms with Crippen LogP contribution in [0, 0.1) is 18.3 Å². The molecule has 1 aliphatic heterocycles. The normalized spacial score (nSPS) is 21.6. The average Bonchev–Trinajstić information content (AvgIpc) is 2.56. The standard InChI is InChI=1S/C10H12N2O4/c1-2-3-7(10(15)16)12-5-6(9(11)14)4-8(12)13/h1,6-7H,3-5H2,(H2,11,14)(H,15,16). The molecule has 3 N–H and O–H groups in total. The Morgan fingerprint density at radius 1 is 1.69 bits per heavy atom. The highest BCUT2D eigenvalue weighted by Crippen LogP contribution is 2.21. The highest BCUT2D eigenvalue weighted by molar-refractivity contribution is 5.91. The monoisotopic (exact) mass is 224 g/mol. The van der Waals surface area contributed by atoms with E-state index in [0.717, 1.165) is 4.90 Å². The minimum absolute atomic E-state index is 0.0345. The predicted molar refractivity (Wildman–Crippen MR) is 53.9 cm³/mol. The molecule has 0 radical (unpaired) electrons. The molecule has 0 aliphatic carbocycles. The fourth-order valence-electron chi connectivity index (χ4n) is 1.67. The third-order valence-electron chi connectivity index (χ3n) is 2.53. The second-order valence-electron chi connectivity index (χ2n) is 3.61. The van der Waals surface area contributed by atoms with Crippen LogP contribution in [0.1, 0.15) is 12.8 Å². The molecule has 2 atom stereocenters. The summed E-state index contributed by atoms with van der Waals surface area (Å²) in [7, 11) is 0. The molecule has 6 nitrogen and oxygen atoms in total. The van der Waals surface area contributed by atoms with Crippen LogP contribution in [0.25, 0.3) is 0 Å². The van der Waals surface area contributed by atoms with E-state index in [1.54, 1.807) is 0 Å². The number of hydrogen-bond donors (Lipinski definition) is 2. The van der Waals surface area contributed by atoms with Crippen molar-refractivity contribution < 1.29 is 19.5 Å². The molecule has 2 amide bonds. The molecule has 16 heavy (non-hydrogen) atoms. The summed E-state index contributed by atoms with van der Waals surface area (Å²) in [5.41, 5.74) is 5.07. The van der Waals surface area contributed by atoms with Crippen LogP contribution >= 0.6 is 0 Å². The van der Waals surface area contributed by atoms with Crippen LogP contribution < -0.4 is 5.73 Å². The van der Waals surface area contributed by atoms with E-state index < -0.39 is 29.7 Å². The van der Waals surface area contributed by atoms with Crippen LogP contribution in [0.15, 0.2) is 0 Å². The van der Waals surface area contributed by atoms with Crippen LogP contribution in [-0.4, -0.2) is 40.4 Å². The molecular weight excluding hydrogens is 212 g/mol. The van der Waals surface area contributed by atoms with Crippen molar-refractivity contribution in [2.24, 2.45) is 11.7 Å². The van der Waals surface area contributed by atoms with Crippen molar-refractivity contribution >= 4 is 17.8 Å². The summed E-state index contributed by atoms with van der Waals surface area (Å²) in [5, 5.41) is 8.90. The number of carbonyl (C=O) groups excluding carboxylic acids is 2. The number of primary amides is 1. The molecule has 2 unspecified atom stereocenters. The number of nitrogens with zero attached hydrogens (tertiary/aromatic N) is 1. The van der Waals surface area contributed by atoms with Gasteiger partial charge in [0.05, 0.1) is 5.92 Å². The van der Waals surface area contributed by atoms with Crippen LogP contribution in [0.5, 0.6) is 0 Å². The number of rotatable bonds is 4. The third-order valence-corrected chi connectivity index (χ3v) is 2.53. The number of carboxylic acids is 1. The van der Waals surface area contributed by atoms with Gasteiger partial charge in [0, 0.05) is 19.4 Å². The Bertz CT molecular complexity index is 372. The van der Waals surface area contributed by atoms with E-state index >= 15 is 0 Å². The number of aliphatic carboxylic acids is 1. The maximum atomic E-state index is 11.5. The zero-order valence-corrected chi connectivity index (χ0v) is 8.55. The van der Waals surface area contributed by atoms with Gasteiger partial charge in [-0.2, -0.15) is 0 Å². The molecule has 1 rings (SSSR count). The fourth-order valence-corrected chi connectivity index (χ4v) is 1.67. The van der Waals surface area contributed by atoms with Crippen LogP contribution in [0.3, 0.4) is 0 Å². The first-order valence-corrected chi connectivity index (χ1v) is 4.72. The number of amides is 2. The van der Waals surface area contributed by atoms with Gasteiger partial charge in [-0.15, -0.1) is 12.3 Å². The molecule has 0 aromatic heterocycles. The second-order valence-corrected chi connectivity index (χ2v) is 3.61. The summed E-state index contributed by atoms with van der Waals surface area (Å²) in [6, 6.07) is -1.07. The van der Waals surface area contributed by atoms with Crippen LogP contribution in [0.4, 0.5) is 0 Å². The average molecular weight is 224 g/mol. The minimum Gasteiger partial charge on any atom is -0.480 e. The van der Waals surface area contributed by atoms with Crippen molar-refractivity contribution in [1.82, 2.24) is 4.90 Å². The first-order chi connectivity index (χ1) is 7.47. The van der Waals surface area contributed by atoms with E-state index in [0.29, 0.717) is 0 Å². The van der Waals surface area contributed by atoms with Gasteiger partial charge in [-0.1, -0.05) is 0 Å². The molecule has 1 aliphatic rings. The number of terminal acetylenes is 1. The van der Waals surface area contributed by atoms with Gasteiger partial charge in [0.25, 0.3) is 0 Å². The molecule has 1 heterocycles. The highest BCUT2D eigenvalue weighted by atomic mass is 16.4. The minimum atomic E-state index is -1.17. The summed E-state index contributed by atoms with van der Waals surface area (Å²) in [5.74, 6) is -0.582. The van der Waals surface area contributed by atoms with Gasteiger partial charge in [-0.3, -0.25) is 9.59 Å². The Hall–Kier alpha value is -2.03. The highest BCUT2D eigenvalue weighted by Gasteiger charge is 2.39. The van der Waals surface area contributed by atoms with Crippen molar-refractivity contribution in [2.45, 2.75) is 18.9 Å². The summed E-state index contributed by atoms with van der Waals surface area (Å²) < 4.78 is 0. The maximum Gasteiger partial charge on any atom is 0.327 e. The van der Waals surface area contributed by atoms with Crippen LogP contribution in [0.2, 0.25) is 0 Å². The lowest BCUT2D eigenvalue weighted by molar-refractivity contribution is -0.148. The summed E-state index contributed by atoms with van der Waals surface area (Å²) >= 11 is 0. The summed E-state index contributed by atoms with van der Waals surface area (Å²) in [4.78, 5) is 34.4. The largest absolute Gasteiger partial charge is 0.480 e. The lowest BCUT2D eigenvalue weighted by Crippen LogP contribution is -2.42. The predicted octanol–water partition coefficient (Wildman–Crippen LogP) is -1.20. The quantitative estimate of drug-likeness (QED) is 0.585. The van der Waals surface area contributed by atoms with Crippen molar-refractivity contribution in [3.8, 4) is 12.3 Å². The fraction of sp³-hybridized carbons (Fsp3) is 0.500. The third kappa shape index (κ3) is 2.31. The molecule has 6 heteroatoms. The first-order valence-electron chi connectivity index (χ1n) is 4.72. The van der Waals surface area contributed by atoms with E-state index in [1.165, 1.54) is 0 Å². The SMILES string of the molecule is C#CCC(C(=O)O)N1CC(C(N)=O)CC1=O. The molecule has 0 aromatic rings.